The van der Waals surface area contributed by atoms with Crippen LogP contribution in [0.3, 0.4) is 0 Å². The normalized spacial score (nSPS) is 14.5. The molecule has 0 atom stereocenters. The Kier molecular flexibility index (Phi) is 8.01. The molecule has 0 radical (unpaired) electrons. The topological polar surface area (TPSA) is 122 Å². The van der Waals surface area contributed by atoms with E-state index in [1.165, 1.54) is 19.3 Å². The summed E-state index contributed by atoms with van der Waals surface area (Å²) in [5, 5.41) is 10.9. The molecule has 9 nitrogen and oxygen atoms in total. The fourth-order valence-corrected chi connectivity index (χ4v) is 4.57. The number of amides is 3. The molecule has 0 aliphatic carbocycles. The van der Waals surface area contributed by atoms with E-state index in [0.29, 0.717) is 33.2 Å². The summed E-state index contributed by atoms with van der Waals surface area (Å²) in [6.45, 7) is -1.02. The maximum atomic E-state index is 12.7. The third-order valence-electron chi connectivity index (χ3n) is 4.21. The highest BCUT2D eigenvalue weighted by Gasteiger charge is 2.36. The molecule has 2 N–H and O–H groups in total. The minimum atomic E-state index is -1.16. The first-order chi connectivity index (χ1) is 15.7. The van der Waals surface area contributed by atoms with Crippen LogP contribution in [0.5, 0.6) is 11.5 Å². The number of aliphatic carboxylic acids is 1. The first-order valence-corrected chi connectivity index (χ1v) is 11.2. The molecule has 172 valence electrons. The zero-order valence-corrected chi connectivity index (χ0v) is 20.1. The lowest BCUT2D eigenvalue weighted by Gasteiger charge is -2.12. The number of anilines is 1. The van der Waals surface area contributed by atoms with Crippen LogP contribution in [0.25, 0.3) is 6.08 Å². The molecule has 0 unspecified atom stereocenters. The van der Waals surface area contributed by atoms with Crippen LogP contribution in [0.1, 0.15) is 5.56 Å². The second-order valence-corrected chi connectivity index (χ2v) is 8.80. The van der Waals surface area contributed by atoms with Gasteiger partial charge in [0.1, 0.15) is 12.3 Å². The van der Waals surface area contributed by atoms with Gasteiger partial charge in [0.25, 0.3) is 11.1 Å². The highest BCUT2D eigenvalue weighted by Crippen LogP contribution is 2.37. The zero-order chi connectivity index (χ0) is 24.1. The molecular formula is C21H16BrClN2O7S. The van der Waals surface area contributed by atoms with Gasteiger partial charge in [0.15, 0.2) is 12.4 Å². The molecular weight excluding hydrogens is 540 g/mol. The predicted octanol–water partition coefficient (Wildman–Crippen LogP) is 4.25. The Hall–Kier alpha value is -3.02. The number of thioether (sulfide) groups is 1. The van der Waals surface area contributed by atoms with Gasteiger partial charge in [-0.15, -0.1) is 0 Å². The predicted molar refractivity (Wildman–Crippen MR) is 127 cm³/mol. The summed E-state index contributed by atoms with van der Waals surface area (Å²) in [6.07, 6.45) is 1.45. The van der Waals surface area contributed by atoms with E-state index in [0.717, 1.165) is 4.90 Å². The molecule has 1 aliphatic heterocycles. The van der Waals surface area contributed by atoms with Crippen LogP contribution in [0, 0.1) is 0 Å². The van der Waals surface area contributed by atoms with E-state index < -0.39 is 36.2 Å². The Balaban J connectivity index is 1.70. The van der Waals surface area contributed by atoms with Crippen LogP contribution in [0.4, 0.5) is 10.5 Å². The van der Waals surface area contributed by atoms with Gasteiger partial charge in [-0.25, -0.2) is 4.79 Å². The van der Waals surface area contributed by atoms with E-state index in [1.54, 1.807) is 30.3 Å². The van der Waals surface area contributed by atoms with Crippen molar-refractivity contribution in [2.45, 2.75) is 0 Å². The molecule has 2 aromatic rings. The number of ether oxygens (including phenoxy) is 2. The molecule has 1 saturated heterocycles. The third-order valence-corrected chi connectivity index (χ3v) is 5.98. The van der Waals surface area contributed by atoms with Crippen molar-refractivity contribution in [1.29, 1.82) is 0 Å². The van der Waals surface area contributed by atoms with Gasteiger partial charge in [-0.3, -0.25) is 19.3 Å². The van der Waals surface area contributed by atoms with Crippen molar-refractivity contribution in [2.24, 2.45) is 0 Å². The highest BCUT2D eigenvalue weighted by atomic mass is 79.9. The second kappa shape index (κ2) is 10.7. The molecule has 0 spiro atoms. The number of halogens is 2. The molecule has 0 bridgehead atoms. The molecule has 1 heterocycles. The number of carboxylic acids is 1. The van der Waals surface area contributed by atoms with Crippen LogP contribution in [-0.2, 0) is 14.4 Å². The molecule has 33 heavy (non-hydrogen) atoms. The minimum absolute atomic E-state index is 0.111. The summed E-state index contributed by atoms with van der Waals surface area (Å²) >= 11 is 10.1. The van der Waals surface area contributed by atoms with Gasteiger partial charge in [-0.2, -0.15) is 0 Å². The van der Waals surface area contributed by atoms with Gasteiger partial charge in [0, 0.05) is 5.69 Å². The number of benzene rings is 2. The summed E-state index contributed by atoms with van der Waals surface area (Å²) in [6, 6.07) is 9.63. The Morgan fingerprint density at radius 1 is 1.24 bits per heavy atom. The lowest BCUT2D eigenvalue weighted by atomic mass is 10.2. The Morgan fingerprint density at radius 3 is 2.55 bits per heavy atom. The number of nitrogens with one attached hydrogen (secondary N) is 1. The molecule has 3 amide bonds. The summed E-state index contributed by atoms with van der Waals surface area (Å²) in [4.78, 5) is 49.0. The Labute approximate surface area is 205 Å². The van der Waals surface area contributed by atoms with Crippen LogP contribution >= 0.6 is 39.3 Å². The van der Waals surface area contributed by atoms with E-state index in [-0.39, 0.29) is 15.7 Å². The van der Waals surface area contributed by atoms with Gasteiger partial charge >= 0.3 is 5.97 Å². The average molecular weight is 556 g/mol. The van der Waals surface area contributed by atoms with E-state index in [2.05, 4.69) is 21.2 Å². The van der Waals surface area contributed by atoms with Gasteiger partial charge in [0.05, 0.1) is 21.5 Å². The summed E-state index contributed by atoms with van der Waals surface area (Å²) in [5.41, 5.74) is 0.968. The van der Waals surface area contributed by atoms with Crippen molar-refractivity contribution in [3.8, 4) is 11.5 Å². The largest absolute Gasteiger partial charge is 0.497 e. The van der Waals surface area contributed by atoms with Gasteiger partial charge < -0.3 is 19.9 Å². The van der Waals surface area contributed by atoms with Crippen molar-refractivity contribution < 1.29 is 33.8 Å². The molecule has 1 fully saturated rings. The summed E-state index contributed by atoms with van der Waals surface area (Å²) < 4.78 is 10.6. The first kappa shape index (κ1) is 24.6. The fourth-order valence-electron chi connectivity index (χ4n) is 2.74. The molecule has 3 rings (SSSR count). The number of nitrogens with zero attached hydrogens (tertiary/aromatic N) is 1. The number of hydrogen-bond acceptors (Lipinski definition) is 7. The number of carboxylic acid groups (broad SMARTS) is 1. The standard InChI is InChI=1S/C21H16BrClN2O7S/c1-31-13-4-2-12(3-5-13)24-17(26)9-25-20(29)16(33-21(25)30)8-11-6-14(22)19(15(23)7-11)32-10-18(27)28/h2-8H,9-10H2,1H3,(H,24,26)(H,27,28)/b16-8+. The van der Waals surface area contributed by atoms with Crippen molar-refractivity contribution in [2.75, 3.05) is 25.6 Å². The van der Waals surface area contributed by atoms with Gasteiger partial charge in [-0.1, -0.05) is 11.6 Å². The van der Waals surface area contributed by atoms with Gasteiger partial charge in [-0.05, 0) is 75.7 Å². The Bertz CT molecular complexity index is 1130. The first-order valence-electron chi connectivity index (χ1n) is 9.21. The zero-order valence-electron chi connectivity index (χ0n) is 17.0. The van der Waals surface area contributed by atoms with E-state index in [4.69, 9.17) is 26.2 Å². The number of carbonyl (C=O) groups is 4. The maximum Gasteiger partial charge on any atom is 0.341 e. The van der Waals surface area contributed by atoms with Gasteiger partial charge in [0.2, 0.25) is 5.91 Å². The van der Waals surface area contributed by atoms with Crippen LogP contribution < -0.4 is 14.8 Å². The summed E-state index contributed by atoms with van der Waals surface area (Å²) in [5.74, 6) is -1.55. The van der Waals surface area contributed by atoms with Crippen molar-refractivity contribution in [3.63, 3.8) is 0 Å². The van der Waals surface area contributed by atoms with E-state index in [9.17, 15) is 19.2 Å². The average Bonchev–Trinajstić information content (AvgIpc) is 3.00. The molecule has 0 aromatic heterocycles. The SMILES string of the molecule is COc1ccc(NC(=O)CN2C(=O)S/C(=C/c3cc(Cl)c(OCC(=O)O)c(Br)c3)C2=O)cc1. The smallest absolute Gasteiger partial charge is 0.341 e. The second-order valence-electron chi connectivity index (χ2n) is 6.54. The number of hydrogen-bond donors (Lipinski definition) is 2. The maximum absolute atomic E-state index is 12.7. The van der Waals surface area contributed by atoms with Crippen molar-refractivity contribution >= 4 is 74.1 Å². The lowest BCUT2D eigenvalue weighted by molar-refractivity contribution is -0.139. The van der Waals surface area contributed by atoms with Crippen molar-refractivity contribution in [3.05, 3.63) is 56.4 Å². The lowest BCUT2D eigenvalue weighted by Crippen LogP contribution is -2.36. The monoisotopic (exact) mass is 554 g/mol. The van der Waals surface area contributed by atoms with Crippen LogP contribution in [0.2, 0.25) is 5.02 Å². The summed E-state index contributed by atoms with van der Waals surface area (Å²) in [7, 11) is 1.52. The molecule has 1 aliphatic rings. The third kappa shape index (κ3) is 6.28. The highest BCUT2D eigenvalue weighted by molar-refractivity contribution is 9.10. The fraction of sp³-hybridized carbons (Fsp3) is 0.143. The molecule has 12 heteroatoms. The number of carbonyl (C=O) groups excluding carboxylic acids is 3. The van der Waals surface area contributed by atoms with Crippen molar-refractivity contribution in [1.82, 2.24) is 4.90 Å². The number of methoxy groups -OCH3 is 1. The number of rotatable bonds is 8. The minimum Gasteiger partial charge on any atom is -0.497 e. The molecule has 2 aromatic carbocycles. The van der Waals surface area contributed by atoms with E-state index in [1.807, 2.05) is 0 Å². The Morgan fingerprint density at radius 2 is 1.94 bits per heavy atom. The number of imide groups is 1. The molecule has 0 saturated carbocycles. The van der Waals surface area contributed by atoms with Crippen LogP contribution in [0.15, 0.2) is 45.8 Å². The van der Waals surface area contributed by atoms with E-state index >= 15 is 0 Å². The quantitative estimate of drug-likeness (QED) is 0.464. The van der Waals surface area contributed by atoms with Crippen LogP contribution in [-0.4, -0.2) is 53.3 Å².